The quantitative estimate of drug-likeness (QED) is 0.557. The molecule has 0 aliphatic heterocycles. The number of rotatable bonds is 4. The van der Waals surface area contributed by atoms with Gasteiger partial charge in [-0.15, -0.1) is 11.3 Å². The van der Waals surface area contributed by atoms with E-state index in [-0.39, 0.29) is 5.78 Å². The van der Waals surface area contributed by atoms with Crippen molar-refractivity contribution >= 4 is 49.9 Å². The van der Waals surface area contributed by atoms with Gasteiger partial charge in [-0.25, -0.2) is 0 Å². The number of hydrogen-bond acceptors (Lipinski definition) is 5. The Bertz CT molecular complexity index is 1100. The van der Waals surface area contributed by atoms with Crippen LogP contribution in [0.4, 0.5) is 5.69 Å². The van der Waals surface area contributed by atoms with Crippen molar-refractivity contribution in [1.82, 2.24) is 5.32 Å². The first-order chi connectivity index (χ1) is 12.7. The molecule has 1 aromatic carbocycles. The zero-order chi connectivity index (χ0) is 20.3. The van der Waals surface area contributed by atoms with Crippen LogP contribution in [0.25, 0.3) is 11.1 Å². The van der Waals surface area contributed by atoms with Gasteiger partial charge in [0, 0.05) is 39.5 Å². The van der Waals surface area contributed by atoms with Crippen molar-refractivity contribution < 1.29 is 4.79 Å². The average molecular weight is 444 g/mol. The summed E-state index contributed by atoms with van der Waals surface area (Å²) in [5, 5.41) is 13.7. The van der Waals surface area contributed by atoms with Crippen molar-refractivity contribution in [1.29, 1.82) is 5.26 Å². The first kappa shape index (κ1) is 20.9. The molecule has 0 aliphatic rings. The first-order valence-corrected chi connectivity index (χ1v) is 9.99. The van der Waals surface area contributed by atoms with E-state index in [4.69, 9.17) is 5.73 Å². The van der Waals surface area contributed by atoms with Crippen molar-refractivity contribution in [3.05, 3.63) is 60.2 Å². The van der Waals surface area contributed by atoms with Gasteiger partial charge < -0.3 is 11.1 Å². The van der Waals surface area contributed by atoms with Gasteiger partial charge in [-0.05, 0) is 38.5 Å². The van der Waals surface area contributed by atoms with E-state index in [1.54, 1.807) is 7.05 Å². The predicted octanol–water partition coefficient (Wildman–Crippen LogP) is 3.70. The Hall–Kier alpha value is -2.36. The number of halogens is 1. The fourth-order valence-corrected chi connectivity index (χ4v) is 4.29. The van der Waals surface area contributed by atoms with Gasteiger partial charge in [0.1, 0.15) is 6.07 Å². The van der Waals surface area contributed by atoms with Crippen molar-refractivity contribution in [3.63, 3.8) is 0 Å². The van der Waals surface area contributed by atoms with E-state index in [2.05, 4.69) is 27.3 Å². The normalized spacial score (nSPS) is 12.8. The fourth-order valence-electron chi connectivity index (χ4n) is 2.82. The molecule has 0 aliphatic carbocycles. The number of anilines is 1. The van der Waals surface area contributed by atoms with Crippen LogP contribution in [-0.2, 0) is 0 Å². The largest absolute Gasteiger partial charge is 0.397 e. The average Bonchev–Trinajstić information content (AvgIpc) is 2.96. The summed E-state index contributed by atoms with van der Waals surface area (Å²) >= 11 is 4.89. The first-order valence-electron chi connectivity index (χ1n) is 8.39. The Kier molecular flexibility index (Phi) is 6.63. The van der Waals surface area contributed by atoms with Crippen LogP contribution in [-0.4, -0.2) is 12.8 Å². The fraction of sp³-hybridized carbons (Fsp3) is 0.238. The molecule has 4 nitrogen and oxygen atoms in total. The molecule has 2 rings (SSSR count). The molecule has 0 unspecified atom stereocenters. The minimum atomic E-state index is -0.0762. The summed E-state index contributed by atoms with van der Waals surface area (Å²) < 4.78 is 1.82. The summed E-state index contributed by atoms with van der Waals surface area (Å²) in [6, 6.07) is 10.1. The van der Waals surface area contributed by atoms with Gasteiger partial charge >= 0.3 is 0 Å². The molecule has 0 bridgehead atoms. The molecule has 0 spiro atoms. The highest BCUT2D eigenvalue weighted by Gasteiger charge is 2.19. The summed E-state index contributed by atoms with van der Waals surface area (Å²) in [5.41, 5.74) is 10.7. The molecule has 1 heterocycles. The number of benzene rings is 1. The van der Waals surface area contributed by atoms with Crippen molar-refractivity contribution in [2.24, 2.45) is 0 Å². The zero-order valence-corrected chi connectivity index (χ0v) is 18.4. The van der Waals surface area contributed by atoms with Gasteiger partial charge in [-0.2, -0.15) is 5.26 Å². The van der Waals surface area contributed by atoms with Crippen LogP contribution in [0.15, 0.2) is 40.0 Å². The molecular formula is C21H22BrN3OS. The van der Waals surface area contributed by atoms with Gasteiger partial charge in [0.05, 0.1) is 16.1 Å². The molecule has 140 valence electrons. The summed E-state index contributed by atoms with van der Waals surface area (Å²) in [4.78, 5) is 12.6. The van der Waals surface area contributed by atoms with Gasteiger partial charge in [0.2, 0.25) is 0 Å². The second-order valence-electron chi connectivity index (χ2n) is 6.35. The second-order valence-corrected chi connectivity index (χ2v) is 8.29. The molecule has 0 amide bonds. The van der Waals surface area contributed by atoms with Crippen LogP contribution in [0.2, 0.25) is 0 Å². The van der Waals surface area contributed by atoms with Crippen molar-refractivity contribution in [2.75, 3.05) is 12.8 Å². The number of ketones is 1. The number of nitrogens with zero attached hydrogens (tertiary/aromatic N) is 1. The van der Waals surface area contributed by atoms with E-state index in [0.717, 1.165) is 36.6 Å². The molecule has 0 saturated carbocycles. The van der Waals surface area contributed by atoms with Crippen LogP contribution in [0.1, 0.15) is 42.9 Å². The molecule has 3 N–H and O–H groups in total. The number of nitriles is 1. The Morgan fingerprint density at radius 3 is 2.41 bits per heavy atom. The van der Waals surface area contributed by atoms with Crippen LogP contribution in [0, 0.1) is 11.3 Å². The predicted molar refractivity (Wildman–Crippen MR) is 117 cm³/mol. The summed E-state index contributed by atoms with van der Waals surface area (Å²) in [6.07, 6.45) is 0. The second kappa shape index (κ2) is 8.55. The van der Waals surface area contributed by atoms with Crippen molar-refractivity contribution in [3.8, 4) is 6.07 Å². The van der Waals surface area contributed by atoms with Gasteiger partial charge in [-0.3, -0.25) is 4.79 Å². The molecule has 2 aromatic rings. The third-order valence-electron chi connectivity index (χ3n) is 4.19. The minimum Gasteiger partial charge on any atom is -0.397 e. The Labute approximate surface area is 171 Å². The number of carbonyl (C=O) groups excluding carboxylic acids is 1. The maximum atomic E-state index is 12.1. The van der Waals surface area contributed by atoms with E-state index in [1.807, 2.05) is 45.0 Å². The number of nitrogens with two attached hydrogens (primary N) is 1. The third-order valence-corrected chi connectivity index (χ3v) is 6.22. The topological polar surface area (TPSA) is 78.9 Å². The van der Waals surface area contributed by atoms with E-state index >= 15 is 0 Å². The van der Waals surface area contributed by atoms with Crippen LogP contribution in [0.3, 0.4) is 0 Å². The van der Waals surface area contributed by atoms with Gasteiger partial charge in [0.25, 0.3) is 0 Å². The van der Waals surface area contributed by atoms with Crippen LogP contribution < -0.4 is 20.8 Å². The van der Waals surface area contributed by atoms with E-state index < -0.39 is 0 Å². The molecule has 0 atom stereocenters. The lowest BCUT2D eigenvalue weighted by atomic mass is 9.94. The SMILES string of the molecule is CN/C(C)=C(C#N)/C(c1cccc(Br)c1)=c1/c(N)c(C(C)=O)sc1=C(C)C. The highest BCUT2D eigenvalue weighted by Crippen LogP contribution is 2.26. The lowest BCUT2D eigenvalue weighted by Gasteiger charge is -2.12. The third kappa shape index (κ3) is 4.15. The van der Waals surface area contributed by atoms with Gasteiger partial charge in [-0.1, -0.05) is 33.6 Å². The molecule has 0 radical (unpaired) electrons. The number of Topliss-reactive ketones (excluding diaryl/α,β-unsaturated/α-hetero) is 1. The monoisotopic (exact) mass is 443 g/mol. The highest BCUT2D eigenvalue weighted by atomic mass is 79.9. The number of thiophene rings is 1. The zero-order valence-electron chi connectivity index (χ0n) is 16.0. The van der Waals surface area contributed by atoms with E-state index in [9.17, 15) is 10.1 Å². The summed E-state index contributed by atoms with van der Waals surface area (Å²) in [6.45, 7) is 7.34. The molecule has 0 saturated heterocycles. The molecule has 27 heavy (non-hydrogen) atoms. The van der Waals surface area contributed by atoms with Gasteiger partial charge in [0.15, 0.2) is 5.78 Å². The summed E-state index contributed by atoms with van der Waals surface area (Å²) in [7, 11) is 1.78. The Morgan fingerprint density at radius 1 is 1.26 bits per heavy atom. The van der Waals surface area contributed by atoms with Crippen molar-refractivity contribution in [2.45, 2.75) is 27.7 Å². The standard InChI is InChI=1S/C21H22BrN3OS/c1-11(2)20-18(19(24)21(27-20)13(4)26)17(16(10-23)12(3)25-5)14-7-6-8-15(22)9-14/h6-9,25H,24H2,1-5H3/b16-12+,18-17-. The van der Waals surface area contributed by atoms with Crippen LogP contribution >= 0.6 is 27.3 Å². The van der Waals surface area contributed by atoms with Crippen LogP contribution in [0.5, 0.6) is 0 Å². The maximum absolute atomic E-state index is 12.1. The molecule has 1 aromatic heterocycles. The molecule has 6 heteroatoms. The van der Waals surface area contributed by atoms with E-state index in [1.165, 1.54) is 18.3 Å². The minimum absolute atomic E-state index is 0.0762. The smallest absolute Gasteiger partial charge is 0.171 e. The highest BCUT2D eigenvalue weighted by molar-refractivity contribution is 9.10. The summed E-state index contributed by atoms with van der Waals surface area (Å²) in [5.74, 6) is -0.0762. The van der Waals surface area contributed by atoms with E-state index in [0.29, 0.717) is 16.1 Å². The maximum Gasteiger partial charge on any atom is 0.171 e. The lowest BCUT2D eigenvalue weighted by Crippen LogP contribution is -2.28. The number of nitrogen functional groups attached to an aromatic ring is 1. The number of carbonyl (C=O) groups is 1. The lowest BCUT2D eigenvalue weighted by molar-refractivity contribution is 0.102. The number of hydrogen-bond donors (Lipinski definition) is 2. The Balaban J connectivity index is 3.25. The number of nitrogens with one attached hydrogen (secondary N) is 1. The molecule has 0 fully saturated rings. The Morgan fingerprint density at radius 2 is 1.93 bits per heavy atom. The molecular weight excluding hydrogens is 422 g/mol. The number of allylic oxidation sites excluding steroid dienone is 2.